The predicted octanol–water partition coefficient (Wildman–Crippen LogP) is 0.855. The molecular formula is C19H22N6O2. The van der Waals surface area contributed by atoms with E-state index in [9.17, 15) is 9.59 Å². The average molecular weight is 366 g/mol. The Labute approximate surface area is 156 Å². The van der Waals surface area contributed by atoms with Crippen molar-refractivity contribution in [2.45, 2.75) is 25.9 Å². The lowest BCUT2D eigenvalue weighted by molar-refractivity contribution is 0.0731. The van der Waals surface area contributed by atoms with Crippen LogP contribution in [0.1, 0.15) is 27.3 Å². The van der Waals surface area contributed by atoms with E-state index >= 15 is 0 Å². The number of hydrogen-bond donors (Lipinski definition) is 1. The number of likely N-dealkylation sites (N-methyl/N-ethyl adjacent to an activating group) is 2. The number of hydrogen-bond acceptors (Lipinski definition) is 5. The minimum atomic E-state index is -0.431. The molecule has 0 unspecified atom stereocenters. The number of aromatic nitrogens is 4. The Kier molecular flexibility index (Phi) is 4.27. The van der Waals surface area contributed by atoms with Gasteiger partial charge in [-0.2, -0.15) is 9.50 Å². The van der Waals surface area contributed by atoms with Crippen molar-refractivity contribution in [3.8, 4) is 0 Å². The van der Waals surface area contributed by atoms with E-state index in [1.165, 1.54) is 21.8 Å². The summed E-state index contributed by atoms with van der Waals surface area (Å²) < 4.78 is 1.21. The molecule has 0 fully saturated rings. The van der Waals surface area contributed by atoms with Gasteiger partial charge >= 0.3 is 0 Å². The molecule has 27 heavy (non-hydrogen) atoms. The Hall–Kier alpha value is -3.00. The average Bonchev–Trinajstić information content (AvgIpc) is 3.03. The van der Waals surface area contributed by atoms with Crippen molar-refractivity contribution < 1.29 is 4.79 Å². The van der Waals surface area contributed by atoms with Crippen LogP contribution in [0.25, 0.3) is 5.78 Å². The number of nitrogens with zero attached hydrogens (tertiary/aromatic N) is 5. The maximum atomic E-state index is 12.9. The van der Waals surface area contributed by atoms with E-state index in [-0.39, 0.29) is 23.3 Å². The minimum Gasteiger partial charge on any atom is -0.340 e. The van der Waals surface area contributed by atoms with Crippen LogP contribution >= 0.6 is 0 Å². The predicted molar refractivity (Wildman–Crippen MR) is 101 cm³/mol. The summed E-state index contributed by atoms with van der Waals surface area (Å²) in [4.78, 5) is 37.5. The van der Waals surface area contributed by atoms with E-state index in [2.05, 4.69) is 45.2 Å². The van der Waals surface area contributed by atoms with Crippen molar-refractivity contribution in [1.82, 2.24) is 29.4 Å². The zero-order valence-electron chi connectivity index (χ0n) is 15.6. The summed E-state index contributed by atoms with van der Waals surface area (Å²) in [5.74, 6) is 0.502. The summed E-state index contributed by atoms with van der Waals surface area (Å²) >= 11 is 0. The molecule has 1 N–H and O–H groups in total. The molecule has 0 bridgehead atoms. The molecule has 0 radical (unpaired) electrons. The van der Waals surface area contributed by atoms with Crippen LogP contribution in [0.3, 0.4) is 0 Å². The molecule has 1 atom stereocenters. The maximum absolute atomic E-state index is 12.9. The highest BCUT2D eigenvalue weighted by atomic mass is 16.2. The number of benzene rings is 1. The van der Waals surface area contributed by atoms with Gasteiger partial charge in [-0.3, -0.25) is 19.6 Å². The number of nitrogens with one attached hydrogen (secondary N) is 1. The van der Waals surface area contributed by atoms with Crippen LogP contribution in [0.15, 0.2) is 35.3 Å². The molecular weight excluding hydrogens is 344 g/mol. The van der Waals surface area contributed by atoms with Crippen LogP contribution in [0.2, 0.25) is 0 Å². The molecule has 1 amide bonds. The Morgan fingerprint density at radius 3 is 2.85 bits per heavy atom. The van der Waals surface area contributed by atoms with Crippen LogP contribution in [-0.2, 0) is 13.0 Å². The normalized spacial score (nSPS) is 17.1. The van der Waals surface area contributed by atoms with Gasteiger partial charge in [-0.15, -0.1) is 0 Å². The first-order valence-electron chi connectivity index (χ1n) is 8.91. The van der Waals surface area contributed by atoms with Crippen molar-refractivity contribution in [3.05, 3.63) is 63.3 Å². The van der Waals surface area contributed by atoms with Gasteiger partial charge in [0.05, 0.1) is 0 Å². The van der Waals surface area contributed by atoms with E-state index < -0.39 is 5.56 Å². The lowest BCUT2D eigenvalue weighted by atomic mass is 9.94. The van der Waals surface area contributed by atoms with Crippen LogP contribution in [0.4, 0.5) is 0 Å². The molecule has 4 rings (SSSR count). The SMILES string of the molecule is Cc1nc2ncc(C(=O)N(C)C[C@@H]3Cc4ccccc4CN3C)c(=O)n2[nH]1. The third-order valence-electron chi connectivity index (χ3n) is 5.16. The van der Waals surface area contributed by atoms with Gasteiger partial charge in [0.2, 0.25) is 0 Å². The number of H-pyrrole nitrogens is 1. The van der Waals surface area contributed by atoms with Crippen molar-refractivity contribution >= 4 is 11.7 Å². The van der Waals surface area contributed by atoms with E-state index in [1.807, 2.05) is 6.07 Å². The van der Waals surface area contributed by atoms with Crippen LogP contribution < -0.4 is 5.56 Å². The van der Waals surface area contributed by atoms with E-state index in [1.54, 1.807) is 18.9 Å². The number of carbonyl (C=O) groups is 1. The van der Waals surface area contributed by atoms with Gasteiger partial charge in [-0.1, -0.05) is 24.3 Å². The molecule has 0 saturated carbocycles. The van der Waals surface area contributed by atoms with Crippen molar-refractivity contribution in [1.29, 1.82) is 0 Å². The Morgan fingerprint density at radius 2 is 2.07 bits per heavy atom. The monoisotopic (exact) mass is 366 g/mol. The highest BCUT2D eigenvalue weighted by Crippen LogP contribution is 2.22. The second-order valence-electron chi connectivity index (χ2n) is 7.15. The molecule has 3 heterocycles. The van der Waals surface area contributed by atoms with Gasteiger partial charge in [0.25, 0.3) is 17.2 Å². The molecule has 1 aliphatic rings. The van der Waals surface area contributed by atoms with Crippen LogP contribution in [0, 0.1) is 6.92 Å². The fourth-order valence-electron chi connectivity index (χ4n) is 3.64. The summed E-state index contributed by atoms with van der Waals surface area (Å²) in [7, 11) is 3.79. The van der Waals surface area contributed by atoms with E-state index in [4.69, 9.17) is 0 Å². The Bertz CT molecular complexity index is 1070. The standard InChI is InChI=1S/C19H22N6O2/c1-12-21-19-20-9-16(18(27)25(19)22-12)17(26)24(3)11-15-8-13-6-4-5-7-14(13)10-23(15)2/h4-7,9,15H,8,10-11H2,1-3H3,(H,20,21,22)/t15-/m0/s1. The smallest absolute Gasteiger partial charge is 0.286 e. The summed E-state index contributed by atoms with van der Waals surface area (Å²) in [6, 6.07) is 8.58. The number of aromatic amines is 1. The van der Waals surface area contributed by atoms with Crippen LogP contribution in [-0.4, -0.2) is 62.0 Å². The molecule has 3 aromatic rings. The number of carbonyl (C=O) groups excluding carboxylic acids is 1. The summed E-state index contributed by atoms with van der Waals surface area (Å²) in [5.41, 5.74) is 2.25. The van der Waals surface area contributed by atoms with Gasteiger partial charge in [0.15, 0.2) is 0 Å². The molecule has 2 aromatic heterocycles. The number of rotatable bonds is 3. The first-order valence-corrected chi connectivity index (χ1v) is 8.91. The topological polar surface area (TPSA) is 86.6 Å². The van der Waals surface area contributed by atoms with Crippen LogP contribution in [0.5, 0.6) is 0 Å². The minimum absolute atomic E-state index is 0.0394. The fraction of sp³-hybridized carbons (Fsp3) is 0.368. The zero-order chi connectivity index (χ0) is 19.1. The van der Waals surface area contributed by atoms with E-state index in [0.29, 0.717) is 12.4 Å². The van der Waals surface area contributed by atoms with Crippen molar-refractivity contribution in [2.75, 3.05) is 20.6 Å². The van der Waals surface area contributed by atoms with Gasteiger partial charge in [0.1, 0.15) is 11.4 Å². The number of amides is 1. The third kappa shape index (κ3) is 3.12. The highest BCUT2D eigenvalue weighted by molar-refractivity contribution is 5.93. The molecule has 0 saturated heterocycles. The molecule has 0 aliphatic carbocycles. The summed E-state index contributed by atoms with van der Waals surface area (Å²) in [6.45, 7) is 3.12. The molecule has 8 heteroatoms. The molecule has 8 nitrogen and oxygen atoms in total. The molecule has 140 valence electrons. The largest absolute Gasteiger partial charge is 0.340 e. The van der Waals surface area contributed by atoms with Gasteiger partial charge in [0, 0.05) is 32.4 Å². The van der Waals surface area contributed by atoms with Gasteiger partial charge < -0.3 is 4.90 Å². The second kappa shape index (κ2) is 6.62. The fourth-order valence-corrected chi connectivity index (χ4v) is 3.64. The van der Waals surface area contributed by atoms with Crippen molar-refractivity contribution in [2.24, 2.45) is 0 Å². The lowest BCUT2D eigenvalue weighted by Gasteiger charge is -2.36. The lowest BCUT2D eigenvalue weighted by Crippen LogP contribution is -2.47. The van der Waals surface area contributed by atoms with Gasteiger partial charge in [-0.05, 0) is 31.5 Å². The quantitative estimate of drug-likeness (QED) is 0.743. The zero-order valence-corrected chi connectivity index (χ0v) is 15.6. The summed E-state index contributed by atoms with van der Waals surface area (Å²) in [5, 5.41) is 2.81. The van der Waals surface area contributed by atoms with Crippen molar-refractivity contribution in [3.63, 3.8) is 0 Å². The first-order chi connectivity index (χ1) is 12.9. The van der Waals surface area contributed by atoms with Gasteiger partial charge in [-0.25, -0.2) is 4.98 Å². The third-order valence-corrected chi connectivity index (χ3v) is 5.16. The number of aryl methyl sites for hydroxylation is 1. The Morgan fingerprint density at radius 1 is 1.33 bits per heavy atom. The molecule has 0 spiro atoms. The van der Waals surface area contributed by atoms with E-state index in [0.717, 1.165) is 13.0 Å². The highest BCUT2D eigenvalue weighted by Gasteiger charge is 2.27. The second-order valence-corrected chi connectivity index (χ2v) is 7.15. The summed E-state index contributed by atoms with van der Waals surface area (Å²) in [6.07, 6.45) is 2.19. The first kappa shape index (κ1) is 17.4. The Balaban J connectivity index is 1.55. The molecule has 1 aromatic carbocycles. The molecule has 1 aliphatic heterocycles. The maximum Gasteiger partial charge on any atom is 0.286 e. The number of fused-ring (bicyclic) bond motifs is 2.